The van der Waals surface area contributed by atoms with E-state index < -0.39 is 5.91 Å². The lowest BCUT2D eigenvalue weighted by atomic mass is 9.90. The van der Waals surface area contributed by atoms with E-state index in [0.717, 1.165) is 25.1 Å². The van der Waals surface area contributed by atoms with Crippen molar-refractivity contribution in [3.05, 3.63) is 35.4 Å². The van der Waals surface area contributed by atoms with Gasteiger partial charge in [-0.05, 0) is 48.8 Å². The maximum Gasteiger partial charge on any atom is 0.317 e. The number of nitrogens with one attached hydrogen (secondary N) is 1. The van der Waals surface area contributed by atoms with Crippen molar-refractivity contribution >= 4 is 11.9 Å². The quantitative estimate of drug-likeness (QED) is 0.876. The maximum absolute atomic E-state index is 12.3. The highest BCUT2D eigenvalue weighted by Crippen LogP contribution is 2.23. The van der Waals surface area contributed by atoms with E-state index in [-0.39, 0.29) is 6.03 Å². The van der Waals surface area contributed by atoms with Gasteiger partial charge in [-0.25, -0.2) is 4.79 Å². The summed E-state index contributed by atoms with van der Waals surface area (Å²) in [5.41, 5.74) is 6.65. The Labute approximate surface area is 138 Å². The predicted octanol–water partition coefficient (Wildman–Crippen LogP) is 2.75. The van der Waals surface area contributed by atoms with Crippen LogP contribution in [0.4, 0.5) is 4.79 Å². The molecule has 23 heavy (non-hydrogen) atoms. The van der Waals surface area contributed by atoms with Crippen LogP contribution in [0.2, 0.25) is 0 Å². The van der Waals surface area contributed by atoms with Crippen LogP contribution in [0.5, 0.6) is 0 Å². The molecule has 0 bridgehead atoms. The Hall–Kier alpha value is -2.04. The van der Waals surface area contributed by atoms with Crippen LogP contribution in [-0.2, 0) is 6.54 Å². The topological polar surface area (TPSA) is 75.4 Å². The van der Waals surface area contributed by atoms with Gasteiger partial charge in [0.2, 0.25) is 5.91 Å². The molecule has 0 aliphatic carbocycles. The second kappa shape index (κ2) is 7.99. The average Bonchev–Trinajstić information content (AvgIpc) is 2.52. The lowest BCUT2D eigenvalue weighted by molar-refractivity contribution is 0.1000. The molecule has 0 spiro atoms. The SMILES string of the molecule is CC(C)CC1CCCN(C(=O)NCc2ccc(C(N)=O)cc2)C1. The van der Waals surface area contributed by atoms with E-state index >= 15 is 0 Å². The molecule has 3 amide bonds. The highest BCUT2D eigenvalue weighted by atomic mass is 16.2. The molecule has 1 aromatic carbocycles. The lowest BCUT2D eigenvalue weighted by Gasteiger charge is -2.33. The molecule has 1 fully saturated rings. The lowest BCUT2D eigenvalue weighted by Crippen LogP contribution is -2.45. The highest BCUT2D eigenvalue weighted by molar-refractivity contribution is 5.92. The molecule has 5 heteroatoms. The van der Waals surface area contributed by atoms with Gasteiger partial charge < -0.3 is 16.0 Å². The number of amides is 3. The Bertz CT molecular complexity index is 540. The van der Waals surface area contributed by atoms with E-state index in [1.54, 1.807) is 12.1 Å². The van der Waals surface area contributed by atoms with Gasteiger partial charge in [0, 0.05) is 25.2 Å². The Morgan fingerprint density at radius 3 is 2.61 bits per heavy atom. The fraction of sp³-hybridized carbons (Fsp3) is 0.556. The third kappa shape index (κ3) is 5.27. The van der Waals surface area contributed by atoms with Crippen molar-refractivity contribution in [2.75, 3.05) is 13.1 Å². The van der Waals surface area contributed by atoms with Crippen LogP contribution < -0.4 is 11.1 Å². The van der Waals surface area contributed by atoms with E-state index in [2.05, 4.69) is 19.2 Å². The number of carbonyl (C=O) groups is 2. The molecule has 0 aromatic heterocycles. The first-order valence-electron chi connectivity index (χ1n) is 8.37. The van der Waals surface area contributed by atoms with Crippen molar-refractivity contribution in [1.82, 2.24) is 10.2 Å². The van der Waals surface area contributed by atoms with Gasteiger partial charge in [-0.3, -0.25) is 4.79 Å². The van der Waals surface area contributed by atoms with E-state index in [0.29, 0.717) is 23.9 Å². The molecule has 3 N–H and O–H groups in total. The van der Waals surface area contributed by atoms with Crippen molar-refractivity contribution in [2.45, 2.75) is 39.7 Å². The second-order valence-electron chi connectivity index (χ2n) is 6.80. The third-order valence-electron chi connectivity index (χ3n) is 4.29. The summed E-state index contributed by atoms with van der Waals surface area (Å²) < 4.78 is 0. The number of likely N-dealkylation sites (tertiary alicyclic amines) is 1. The first-order chi connectivity index (χ1) is 11.0. The summed E-state index contributed by atoms with van der Waals surface area (Å²) in [5, 5.41) is 2.96. The normalized spacial score (nSPS) is 18.0. The van der Waals surface area contributed by atoms with Crippen LogP contribution in [0.1, 0.15) is 49.0 Å². The van der Waals surface area contributed by atoms with Crippen LogP contribution in [0.3, 0.4) is 0 Å². The number of rotatable bonds is 5. The Balaban J connectivity index is 1.83. The molecule has 0 saturated carbocycles. The number of hydrogen-bond donors (Lipinski definition) is 2. The molecular weight excluding hydrogens is 290 g/mol. The molecule has 1 atom stereocenters. The smallest absolute Gasteiger partial charge is 0.317 e. The molecule has 1 aliphatic rings. The second-order valence-corrected chi connectivity index (χ2v) is 6.80. The van der Waals surface area contributed by atoms with Crippen LogP contribution in [-0.4, -0.2) is 29.9 Å². The highest BCUT2D eigenvalue weighted by Gasteiger charge is 2.23. The van der Waals surface area contributed by atoms with E-state index in [4.69, 9.17) is 5.73 Å². The minimum absolute atomic E-state index is 0.00238. The molecular formula is C18H27N3O2. The fourth-order valence-electron chi connectivity index (χ4n) is 3.18. The Morgan fingerprint density at radius 1 is 1.30 bits per heavy atom. The molecule has 5 nitrogen and oxygen atoms in total. The van der Waals surface area contributed by atoms with Crippen LogP contribution in [0.25, 0.3) is 0 Å². The number of urea groups is 1. The minimum atomic E-state index is -0.440. The van der Waals surface area contributed by atoms with Crippen LogP contribution >= 0.6 is 0 Å². The monoisotopic (exact) mass is 317 g/mol. The number of nitrogens with two attached hydrogens (primary N) is 1. The summed E-state index contributed by atoms with van der Waals surface area (Å²) >= 11 is 0. The summed E-state index contributed by atoms with van der Waals surface area (Å²) in [4.78, 5) is 25.3. The van der Waals surface area contributed by atoms with Gasteiger partial charge in [0.1, 0.15) is 0 Å². The predicted molar refractivity (Wildman–Crippen MR) is 90.9 cm³/mol. The Morgan fingerprint density at radius 2 is 2.00 bits per heavy atom. The number of carbonyl (C=O) groups excluding carboxylic acids is 2. The van der Waals surface area contributed by atoms with Gasteiger partial charge in [-0.1, -0.05) is 26.0 Å². The van der Waals surface area contributed by atoms with Crippen molar-refractivity contribution in [2.24, 2.45) is 17.6 Å². The largest absolute Gasteiger partial charge is 0.366 e. The van der Waals surface area contributed by atoms with Crippen LogP contribution in [0, 0.1) is 11.8 Å². The maximum atomic E-state index is 12.3. The first kappa shape index (κ1) is 17.3. The standard InChI is InChI=1S/C18H27N3O2/c1-13(2)10-15-4-3-9-21(12-15)18(23)20-11-14-5-7-16(8-6-14)17(19)22/h5-8,13,15H,3-4,9-12H2,1-2H3,(H2,19,22)(H,20,23). The summed E-state index contributed by atoms with van der Waals surface area (Å²) in [7, 11) is 0. The fourth-order valence-corrected chi connectivity index (χ4v) is 3.18. The summed E-state index contributed by atoms with van der Waals surface area (Å²) in [6, 6.07) is 7.00. The van der Waals surface area contributed by atoms with Gasteiger partial charge in [0.15, 0.2) is 0 Å². The molecule has 126 valence electrons. The van der Waals surface area contributed by atoms with Crippen molar-refractivity contribution in [3.8, 4) is 0 Å². The molecule has 1 aromatic rings. The molecule has 1 saturated heterocycles. The molecule has 2 rings (SSSR count). The zero-order valence-corrected chi connectivity index (χ0v) is 14.0. The zero-order valence-electron chi connectivity index (χ0n) is 14.0. The number of nitrogens with zero attached hydrogens (tertiary/aromatic N) is 1. The summed E-state index contributed by atoms with van der Waals surface area (Å²) in [6.45, 7) is 6.61. The van der Waals surface area contributed by atoms with Crippen LogP contribution in [0.15, 0.2) is 24.3 Å². The number of piperidine rings is 1. The summed E-state index contributed by atoms with van der Waals surface area (Å²) in [5.74, 6) is 0.848. The van der Waals surface area contributed by atoms with E-state index in [1.807, 2.05) is 17.0 Å². The van der Waals surface area contributed by atoms with Crippen molar-refractivity contribution < 1.29 is 9.59 Å². The first-order valence-corrected chi connectivity index (χ1v) is 8.37. The van der Waals surface area contributed by atoms with E-state index in [9.17, 15) is 9.59 Å². The molecule has 1 unspecified atom stereocenters. The molecule has 1 aliphatic heterocycles. The van der Waals surface area contributed by atoms with Gasteiger partial charge in [-0.2, -0.15) is 0 Å². The molecule has 1 heterocycles. The minimum Gasteiger partial charge on any atom is -0.366 e. The van der Waals surface area contributed by atoms with Gasteiger partial charge in [-0.15, -0.1) is 0 Å². The van der Waals surface area contributed by atoms with Gasteiger partial charge in [0.25, 0.3) is 0 Å². The number of primary amides is 1. The average molecular weight is 317 g/mol. The van der Waals surface area contributed by atoms with E-state index in [1.165, 1.54) is 12.8 Å². The number of hydrogen-bond acceptors (Lipinski definition) is 2. The van der Waals surface area contributed by atoms with Crippen molar-refractivity contribution in [3.63, 3.8) is 0 Å². The number of benzene rings is 1. The van der Waals surface area contributed by atoms with Crippen molar-refractivity contribution in [1.29, 1.82) is 0 Å². The van der Waals surface area contributed by atoms with Gasteiger partial charge >= 0.3 is 6.03 Å². The molecule has 0 radical (unpaired) electrons. The third-order valence-corrected chi connectivity index (χ3v) is 4.29. The van der Waals surface area contributed by atoms with Gasteiger partial charge in [0.05, 0.1) is 0 Å². The Kier molecular flexibility index (Phi) is 6.02. The summed E-state index contributed by atoms with van der Waals surface area (Å²) in [6.07, 6.45) is 3.48. The zero-order chi connectivity index (χ0) is 16.8.